The van der Waals surface area contributed by atoms with Crippen LogP contribution in [0, 0.1) is 11.7 Å². The third kappa shape index (κ3) is 1.90. The molecule has 0 saturated heterocycles. The Balaban J connectivity index is 1.82. The number of benzene rings is 1. The molecule has 1 aliphatic carbocycles. The summed E-state index contributed by atoms with van der Waals surface area (Å²) in [5.41, 5.74) is 0.787. The van der Waals surface area contributed by atoms with Crippen molar-refractivity contribution >= 4 is 5.97 Å². The molecule has 2 atom stereocenters. The van der Waals surface area contributed by atoms with E-state index in [9.17, 15) is 9.18 Å². The van der Waals surface area contributed by atoms with Gasteiger partial charge in [0.2, 0.25) is 0 Å². The van der Waals surface area contributed by atoms with Crippen LogP contribution < -0.4 is 0 Å². The molecule has 1 saturated carbocycles. The molecule has 0 amide bonds. The maximum atomic E-state index is 12.8. The van der Waals surface area contributed by atoms with Crippen molar-refractivity contribution in [2.45, 2.75) is 12.3 Å². The molecule has 0 unspecified atom stereocenters. The SMILES string of the molecule is O=C(O)[C@@H]1C[C@H]1c1ccc(-c2ccc(F)cc2)o1. The second kappa shape index (κ2) is 3.98. The molecular formula is C14H11FO3. The van der Waals surface area contributed by atoms with Gasteiger partial charge in [-0.15, -0.1) is 0 Å². The fraction of sp³-hybridized carbons (Fsp3) is 0.214. The highest BCUT2D eigenvalue weighted by Gasteiger charge is 2.46. The van der Waals surface area contributed by atoms with Crippen molar-refractivity contribution in [2.24, 2.45) is 5.92 Å². The van der Waals surface area contributed by atoms with E-state index in [0.29, 0.717) is 17.9 Å². The van der Waals surface area contributed by atoms with Crippen LogP contribution in [0.15, 0.2) is 40.8 Å². The molecule has 18 heavy (non-hydrogen) atoms. The predicted octanol–water partition coefficient (Wildman–Crippen LogP) is 3.27. The Labute approximate surface area is 103 Å². The minimum absolute atomic E-state index is 0.0169. The summed E-state index contributed by atoms with van der Waals surface area (Å²) in [5.74, 6) is -0.0740. The first-order valence-electron chi connectivity index (χ1n) is 5.73. The molecule has 1 N–H and O–H groups in total. The van der Waals surface area contributed by atoms with Crippen LogP contribution >= 0.6 is 0 Å². The van der Waals surface area contributed by atoms with Crippen LogP contribution in [0.4, 0.5) is 4.39 Å². The lowest BCUT2D eigenvalue weighted by Gasteiger charge is -1.97. The van der Waals surface area contributed by atoms with E-state index < -0.39 is 5.97 Å². The molecule has 1 aliphatic rings. The molecule has 92 valence electrons. The summed E-state index contributed by atoms with van der Waals surface area (Å²) in [6.45, 7) is 0. The molecule has 2 aromatic rings. The normalized spacial score (nSPS) is 21.8. The molecule has 1 aromatic carbocycles. The fourth-order valence-electron chi connectivity index (χ4n) is 2.10. The Bertz CT molecular complexity index is 585. The highest BCUT2D eigenvalue weighted by atomic mass is 19.1. The van der Waals surface area contributed by atoms with E-state index in [4.69, 9.17) is 9.52 Å². The van der Waals surface area contributed by atoms with Gasteiger partial charge in [0.25, 0.3) is 0 Å². The first-order chi connectivity index (χ1) is 8.65. The summed E-state index contributed by atoms with van der Waals surface area (Å²) in [6.07, 6.45) is 0.631. The van der Waals surface area contributed by atoms with E-state index in [2.05, 4.69) is 0 Å². The maximum Gasteiger partial charge on any atom is 0.307 e. The van der Waals surface area contributed by atoms with Gasteiger partial charge in [0.1, 0.15) is 17.3 Å². The predicted molar refractivity (Wildman–Crippen MR) is 62.6 cm³/mol. The quantitative estimate of drug-likeness (QED) is 0.904. The maximum absolute atomic E-state index is 12.8. The number of furan rings is 1. The number of rotatable bonds is 3. The van der Waals surface area contributed by atoms with Gasteiger partial charge in [0, 0.05) is 11.5 Å². The Hall–Kier alpha value is -2.10. The molecule has 1 aromatic heterocycles. The Morgan fingerprint density at radius 1 is 1.22 bits per heavy atom. The number of carboxylic acids is 1. The molecule has 4 heteroatoms. The average Bonchev–Trinajstić information content (AvgIpc) is 3.02. The zero-order valence-corrected chi connectivity index (χ0v) is 9.47. The van der Waals surface area contributed by atoms with Crippen LogP contribution in [0.5, 0.6) is 0 Å². The lowest BCUT2D eigenvalue weighted by atomic mass is 10.2. The minimum Gasteiger partial charge on any atom is -0.481 e. The van der Waals surface area contributed by atoms with Crippen LogP contribution in [-0.4, -0.2) is 11.1 Å². The lowest BCUT2D eigenvalue weighted by molar-refractivity contribution is -0.138. The van der Waals surface area contributed by atoms with Crippen LogP contribution in [0.2, 0.25) is 0 Å². The van der Waals surface area contributed by atoms with Gasteiger partial charge in [-0.1, -0.05) is 0 Å². The van der Waals surface area contributed by atoms with E-state index in [1.807, 2.05) is 0 Å². The molecule has 0 aliphatic heterocycles. The van der Waals surface area contributed by atoms with Gasteiger partial charge < -0.3 is 9.52 Å². The van der Waals surface area contributed by atoms with Crippen LogP contribution in [0.25, 0.3) is 11.3 Å². The monoisotopic (exact) mass is 246 g/mol. The second-order valence-corrected chi connectivity index (χ2v) is 4.50. The number of carboxylic acid groups (broad SMARTS) is 1. The zero-order chi connectivity index (χ0) is 12.7. The number of halogens is 1. The smallest absolute Gasteiger partial charge is 0.307 e. The van der Waals surface area contributed by atoms with Gasteiger partial charge in [-0.25, -0.2) is 4.39 Å². The van der Waals surface area contributed by atoms with Crippen molar-refractivity contribution in [3.05, 3.63) is 48.0 Å². The van der Waals surface area contributed by atoms with Crippen molar-refractivity contribution < 1.29 is 18.7 Å². The highest BCUT2D eigenvalue weighted by Crippen LogP contribution is 2.48. The first-order valence-corrected chi connectivity index (χ1v) is 5.73. The lowest BCUT2D eigenvalue weighted by Crippen LogP contribution is -1.98. The third-order valence-electron chi connectivity index (χ3n) is 3.23. The van der Waals surface area contributed by atoms with Crippen molar-refractivity contribution in [3.8, 4) is 11.3 Å². The van der Waals surface area contributed by atoms with E-state index in [1.54, 1.807) is 24.3 Å². The molecule has 0 radical (unpaired) electrons. The van der Waals surface area contributed by atoms with Gasteiger partial charge in [0.05, 0.1) is 5.92 Å². The number of hydrogen-bond donors (Lipinski definition) is 1. The van der Waals surface area contributed by atoms with Crippen molar-refractivity contribution in [1.82, 2.24) is 0 Å². The van der Waals surface area contributed by atoms with Gasteiger partial charge in [-0.05, 0) is 42.8 Å². The molecule has 0 bridgehead atoms. The summed E-state index contributed by atoms with van der Waals surface area (Å²) >= 11 is 0. The van der Waals surface area contributed by atoms with Crippen LogP contribution in [0.1, 0.15) is 18.1 Å². The van der Waals surface area contributed by atoms with E-state index >= 15 is 0 Å². The third-order valence-corrected chi connectivity index (χ3v) is 3.23. The summed E-state index contributed by atoms with van der Waals surface area (Å²) in [6, 6.07) is 9.61. The van der Waals surface area contributed by atoms with Crippen LogP contribution in [-0.2, 0) is 4.79 Å². The number of aliphatic carboxylic acids is 1. The molecular weight excluding hydrogens is 235 g/mol. The minimum atomic E-state index is -0.778. The Morgan fingerprint density at radius 3 is 2.56 bits per heavy atom. The molecule has 1 fully saturated rings. The molecule has 1 heterocycles. The summed E-state index contributed by atoms with van der Waals surface area (Å²) in [4.78, 5) is 10.8. The Kier molecular flexibility index (Phi) is 2.44. The summed E-state index contributed by atoms with van der Waals surface area (Å²) in [7, 11) is 0. The second-order valence-electron chi connectivity index (χ2n) is 4.50. The van der Waals surface area contributed by atoms with Gasteiger partial charge >= 0.3 is 5.97 Å². The number of carbonyl (C=O) groups is 1. The highest BCUT2D eigenvalue weighted by molar-refractivity contribution is 5.75. The van der Waals surface area contributed by atoms with E-state index in [-0.39, 0.29) is 17.7 Å². The molecule has 0 spiro atoms. The van der Waals surface area contributed by atoms with Crippen molar-refractivity contribution in [2.75, 3.05) is 0 Å². The summed E-state index contributed by atoms with van der Waals surface area (Å²) < 4.78 is 18.4. The summed E-state index contributed by atoms with van der Waals surface area (Å²) in [5, 5.41) is 8.86. The van der Waals surface area contributed by atoms with Gasteiger partial charge in [-0.2, -0.15) is 0 Å². The molecule has 3 rings (SSSR count). The average molecular weight is 246 g/mol. The standard InChI is InChI=1S/C14H11FO3/c15-9-3-1-8(2-4-9)12-5-6-13(18-12)10-7-11(10)14(16)17/h1-6,10-11H,7H2,(H,16,17)/t10-,11-/m1/s1. The first kappa shape index (κ1) is 11.0. The van der Waals surface area contributed by atoms with E-state index in [0.717, 1.165) is 5.56 Å². The van der Waals surface area contributed by atoms with Gasteiger partial charge in [-0.3, -0.25) is 4.79 Å². The van der Waals surface area contributed by atoms with Crippen LogP contribution in [0.3, 0.4) is 0 Å². The largest absolute Gasteiger partial charge is 0.481 e. The topological polar surface area (TPSA) is 50.4 Å². The van der Waals surface area contributed by atoms with E-state index in [1.165, 1.54) is 12.1 Å². The van der Waals surface area contributed by atoms with Crippen molar-refractivity contribution in [1.29, 1.82) is 0 Å². The van der Waals surface area contributed by atoms with Gasteiger partial charge in [0.15, 0.2) is 0 Å². The zero-order valence-electron chi connectivity index (χ0n) is 9.47. The fourth-order valence-corrected chi connectivity index (χ4v) is 2.10. The Morgan fingerprint density at radius 2 is 1.94 bits per heavy atom. The van der Waals surface area contributed by atoms with Crippen molar-refractivity contribution in [3.63, 3.8) is 0 Å². The molecule has 3 nitrogen and oxygen atoms in total. The number of hydrogen-bond acceptors (Lipinski definition) is 2.